The van der Waals surface area contributed by atoms with Gasteiger partial charge in [-0.25, -0.2) is 0 Å². The van der Waals surface area contributed by atoms with Crippen molar-refractivity contribution in [1.29, 1.82) is 0 Å². The van der Waals surface area contributed by atoms with Gasteiger partial charge in [0.05, 0.1) is 22.9 Å². The molecule has 5 heteroatoms. The molecule has 0 amide bonds. The molecule has 2 rings (SSSR count). The van der Waals surface area contributed by atoms with Crippen LogP contribution in [0.5, 0.6) is 5.75 Å². The summed E-state index contributed by atoms with van der Waals surface area (Å²) in [5.41, 5.74) is 6.42. The van der Waals surface area contributed by atoms with Crippen LogP contribution in [0.2, 0.25) is 5.02 Å². The molecule has 18 heavy (non-hydrogen) atoms. The minimum absolute atomic E-state index is 0.416. The molecule has 0 radical (unpaired) electrons. The number of ether oxygens (including phenoxy) is 2. The van der Waals surface area contributed by atoms with Crippen molar-refractivity contribution >= 4 is 33.2 Å². The number of nitrogen functional groups attached to an aromatic ring is 1. The van der Waals surface area contributed by atoms with E-state index < -0.39 is 0 Å². The molecule has 0 aliphatic carbocycles. The Hall–Kier alpha value is -0.450. The first kappa shape index (κ1) is 14.0. The van der Waals surface area contributed by atoms with Gasteiger partial charge in [-0.2, -0.15) is 0 Å². The average Bonchev–Trinajstić information content (AvgIpc) is 2.79. The van der Waals surface area contributed by atoms with Gasteiger partial charge in [-0.15, -0.1) is 0 Å². The summed E-state index contributed by atoms with van der Waals surface area (Å²) in [6.45, 7) is 1.55. The second kappa shape index (κ2) is 6.64. The minimum atomic E-state index is 0.416. The van der Waals surface area contributed by atoms with Crippen molar-refractivity contribution < 1.29 is 9.47 Å². The van der Waals surface area contributed by atoms with Gasteiger partial charge < -0.3 is 15.2 Å². The molecule has 1 saturated heterocycles. The molecule has 2 N–H and O–H groups in total. The van der Waals surface area contributed by atoms with Gasteiger partial charge in [0.15, 0.2) is 5.75 Å². The maximum atomic E-state index is 5.89. The van der Waals surface area contributed by atoms with Gasteiger partial charge in [0, 0.05) is 11.6 Å². The standard InChI is InChI=1S/C13H17BrClNO2/c14-11-7-9(15)8-12(16)13(11)18-6-2-4-10-3-1-5-17-10/h7-8,10H,1-6,16H2. The lowest BCUT2D eigenvalue weighted by Gasteiger charge is -2.13. The summed E-state index contributed by atoms with van der Waals surface area (Å²) in [5, 5.41) is 0.603. The number of hydrogen-bond acceptors (Lipinski definition) is 3. The second-order valence-corrected chi connectivity index (χ2v) is 5.72. The Bertz CT molecular complexity index is 385. The van der Waals surface area contributed by atoms with Gasteiger partial charge in [-0.1, -0.05) is 11.6 Å². The van der Waals surface area contributed by atoms with Crippen molar-refractivity contribution in [3.63, 3.8) is 0 Å². The highest BCUT2D eigenvalue weighted by atomic mass is 79.9. The van der Waals surface area contributed by atoms with E-state index in [9.17, 15) is 0 Å². The number of rotatable bonds is 5. The third-order valence-corrected chi connectivity index (χ3v) is 3.79. The van der Waals surface area contributed by atoms with Crippen LogP contribution in [0.15, 0.2) is 16.6 Å². The first-order valence-corrected chi connectivity index (χ1v) is 7.33. The third kappa shape index (κ3) is 3.77. The zero-order chi connectivity index (χ0) is 13.0. The van der Waals surface area contributed by atoms with Crippen LogP contribution in [0.25, 0.3) is 0 Å². The van der Waals surface area contributed by atoms with Crippen LogP contribution >= 0.6 is 27.5 Å². The zero-order valence-electron chi connectivity index (χ0n) is 10.1. The monoisotopic (exact) mass is 333 g/mol. The fourth-order valence-corrected chi connectivity index (χ4v) is 3.04. The van der Waals surface area contributed by atoms with E-state index in [0.717, 1.165) is 23.9 Å². The van der Waals surface area contributed by atoms with Crippen molar-refractivity contribution in [1.82, 2.24) is 0 Å². The quantitative estimate of drug-likeness (QED) is 0.653. The predicted octanol–water partition coefficient (Wildman–Crippen LogP) is 4.02. The fraction of sp³-hybridized carbons (Fsp3) is 0.538. The van der Waals surface area contributed by atoms with E-state index in [1.807, 2.05) is 0 Å². The van der Waals surface area contributed by atoms with Crippen molar-refractivity contribution in [3.05, 3.63) is 21.6 Å². The highest BCUT2D eigenvalue weighted by molar-refractivity contribution is 9.10. The van der Waals surface area contributed by atoms with E-state index in [0.29, 0.717) is 29.2 Å². The van der Waals surface area contributed by atoms with E-state index >= 15 is 0 Å². The molecule has 0 aromatic heterocycles. The molecule has 1 aliphatic rings. The molecule has 0 spiro atoms. The van der Waals surface area contributed by atoms with Gasteiger partial charge in [0.2, 0.25) is 0 Å². The molecule has 1 atom stereocenters. The number of halogens is 2. The van der Waals surface area contributed by atoms with Crippen molar-refractivity contribution in [2.24, 2.45) is 0 Å². The first-order chi connectivity index (χ1) is 8.66. The van der Waals surface area contributed by atoms with Gasteiger partial charge in [-0.05, 0) is 53.7 Å². The largest absolute Gasteiger partial charge is 0.490 e. The summed E-state index contributed by atoms with van der Waals surface area (Å²) < 4.78 is 12.1. The number of hydrogen-bond donors (Lipinski definition) is 1. The second-order valence-electron chi connectivity index (χ2n) is 4.43. The lowest BCUT2D eigenvalue weighted by molar-refractivity contribution is 0.0981. The minimum Gasteiger partial charge on any atom is -0.490 e. The molecule has 100 valence electrons. The Morgan fingerprint density at radius 2 is 2.33 bits per heavy atom. The molecule has 3 nitrogen and oxygen atoms in total. The summed E-state index contributed by atoms with van der Waals surface area (Å²) in [5.74, 6) is 0.673. The Morgan fingerprint density at radius 1 is 1.50 bits per heavy atom. The highest BCUT2D eigenvalue weighted by Gasteiger charge is 2.15. The van der Waals surface area contributed by atoms with Crippen LogP contribution in [0.1, 0.15) is 25.7 Å². The number of anilines is 1. The van der Waals surface area contributed by atoms with Crippen LogP contribution < -0.4 is 10.5 Å². The molecule has 1 heterocycles. The fourth-order valence-electron chi connectivity index (χ4n) is 2.09. The van der Waals surface area contributed by atoms with E-state index in [1.54, 1.807) is 12.1 Å². The molecule has 0 bridgehead atoms. The molecule has 1 unspecified atom stereocenters. The highest BCUT2D eigenvalue weighted by Crippen LogP contribution is 2.34. The number of nitrogens with two attached hydrogens (primary N) is 1. The summed E-state index contributed by atoms with van der Waals surface area (Å²) in [6, 6.07) is 3.48. The van der Waals surface area contributed by atoms with E-state index in [-0.39, 0.29) is 0 Å². The van der Waals surface area contributed by atoms with Crippen molar-refractivity contribution in [2.45, 2.75) is 31.8 Å². The Labute approximate surface area is 121 Å². The number of benzene rings is 1. The smallest absolute Gasteiger partial charge is 0.156 e. The first-order valence-electron chi connectivity index (χ1n) is 6.16. The van der Waals surface area contributed by atoms with Crippen LogP contribution in [0, 0.1) is 0 Å². The van der Waals surface area contributed by atoms with Crippen molar-refractivity contribution in [2.75, 3.05) is 18.9 Å². The molecule has 1 fully saturated rings. The van der Waals surface area contributed by atoms with Gasteiger partial charge in [-0.3, -0.25) is 0 Å². The summed E-state index contributed by atoms with van der Waals surface area (Å²) in [4.78, 5) is 0. The topological polar surface area (TPSA) is 44.5 Å². The summed E-state index contributed by atoms with van der Waals surface area (Å²) >= 11 is 9.29. The summed E-state index contributed by atoms with van der Waals surface area (Å²) in [7, 11) is 0. The van der Waals surface area contributed by atoms with Crippen LogP contribution in [-0.2, 0) is 4.74 Å². The lowest BCUT2D eigenvalue weighted by Crippen LogP contribution is -2.08. The molecule has 1 aromatic carbocycles. The van der Waals surface area contributed by atoms with Crippen LogP contribution in [-0.4, -0.2) is 19.3 Å². The van der Waals surface area contributed by atoms with E-state index in [1.165, 1.54) is 12.8 Å². The maximum absolute atomic E-state index is 5.89. The predicted molar refractivity (Wildman–Crippen MR) is 77.3 cm³/mol. The SMILES string of the molecule is Nc1cc(Cl)cc(Br)c1OCCCC1CCCO1. The average molecular weight is 335 g/mol. The van der Waals surface area contributed by atoms with E-state index in [4.69, 9.17) is 26.8 Å². The maximum Gasteiger partial charge on any atom is 0.156 e. The Balaban J connectivity index is 1.79. The van der Waals surface area contributed by atoms with Crippen LogP contribution in [0.4, 0.5) is 5.69 Å². The van der Waals surface area contributed by atoms with Crippen molar-refractivity contribution in [3.8, 4) is 5.75 Å². The molecule has 1 aromatic rings. The van der Waals surface area contributed by atoms with Gasteiger partial charge >= 0.3 is 0 Å². The van der Waals surface area contributed by atoms with Crippen LogP contribution in [0.3, 0.4) is 0 Å². The third-order valence-electron chi connectivity index (χ3n) is 2.98. The Morgan fingerprint density at radius 3 is 3.00 bits per heavy atom. The molecular formula is C13H17BrClNO2. The normalized spacial score (nSPS) is 19.1. The van der Waals surface area contributed by atoms with Gasteiger partial charge in [0.25, 0.3) is 0 Å². The van der Waals surface area contributed by atoms with Gasteiger partial charge in [0.1, 0.15) is 0 Å². The van der Waals surface area contributed by atoms with E-state index in [2.05, 4.69) is 15.9 Å². The molecule has 0 saturated carbocycles. The molecule has 1 aliphatic heterocycles. The summed E-state index contributed by atoms with van der Waals surface area (Å²) in [6.07, 6.45) is 4.79. The zero-order valence-corrected chi connectivity index (χ0v) is 12.5. The lowest BCUT2D eigenvalue weighted by atomic mass is 10.1. The Kier molecular flexibility index (Phi) is 5.15. The molecular weight excluding hydrogens is 318 g/mol.